The van der Waals surface area contributed by atoms with Crippen molar-refractivity contribution in [1.29, 1.82) is 0 Å². The van der Waals surface area contributed by atoms with Crippen molar-refractivity contribution in [2.24, 2.45) is 23.2 Å². The summed E-state index contributed by atoms with van der Waals surface area (Å²) in [6.07, 6.45) is 7.01. The largest absolute Gasteiger partial charge is 0.291 e. The molecular formula is C13H18O2. The van der Waals surface area contributed by atoms with Gasteiger partial charge in [-0.05, 0) is 56.3 Å². The zero-order valence-electron chi connectivity index (χ0n) is 9.29. The molecule has 0 spiro atoms. The van der Waals surface area contributed by atoms with Gasteiger partial charge in [0.2, 0.25) is 5.78 Å². The Morgan fingerprint density at radius 3 is 1.67 bits per heavy atom. The molecule has 0 aromatic carbocycles. The lowest BCUT2D eigenvalue weighted by Gasteiger charge is -2.55. The summed E-state index contributed by atoms with van der Waals surface area (Å²) in [6.45, 7) is 1.45. The van der Waals surface area contributed by atoms with Crippen LogP contribution < -0.4 is 0 Å². The minimum atomic E-state index is -0.211. The third-order valence-electron chi connectivity index (χ3n) is 4.84. The number of rotatable bonds is 2. The highest BCUT2D eigenvalue weighted by Crippen LogP contribution is 2.60. The molecule has 4 saturated carbocycles. The van der Waals surface area contributed by atoms with Crippen molar-refractivity contribution in [1.82, 2.24) is 0 Å². The maximum absolute atomic E-state index is 12.0. The summed E-state index contributed by atoms with van der Waals surface area (Å²) in [4.78, 5) is 23.4. The smallest absolute Gasteiger partial charge is 0.204 e. The Labute approximate surface area is 90.4 Å². The van der Waals surface area contributed by atoms with Gasteiger partial charge in [-0.1, -0.05) is 0 Å². The topological polar surface area (TPSA) is 34.1 Å². The molecule has 0 aliphatic heterocycles. The maximum Gasteiger partial charge on any atom is 0.204 e. The average molecular weight is 206 g/mol. The van der Waals surface area contributed by atoms with Gasteiger partial charge in [0.15, 0.2) is 5.78 Å². The van der Waals surface area contributed by atoms with Crippen molar-refractivity contribution >= 4 is 11.6 Å². The molecule has 0 atom stereocenters. The fourth-order valence-electron chi connectivity index (χ4n) is 4.76. The first-order valence-electron chi connectivity index (χ1n) is 6.14. The third-order valence-corrected chi connectivity index (χ3v) is 4.84. The highest BCUT2D eigenvalue weighted by atomic mass is 16.2. The van der Waals surface area contributed by atoms with Gasteiger partial charge < -0.3 is 0 Å². The van der Waals surface area contributed by atoms with Crippen LogP contribution in [0.25, 0.3) is 0 Å². The Hall–Kier alpha value is -0.660. The maximum atomic E-state index is 12.0. The predicted molar refractivity (Wildman–Crippen MR) is 56.3 cm³/mol. The van der Waals surface area contributed by atoms with Gasteiger partial charge in [0.1, 0.15) is 0 Å². The second-order valence-corrected chi connectivity index (χ2v) is 6.08. The molecule has 4 aliphatic rings. The molecular weight excluding hydrogens is 188 g/mol. The second-order valence-electron chi connectivity index (χ2n) is 6.08. The van der Waals surface area contributed by atoms with Crippen LogP contribution in [0.3, 0.4) is 0 Å². The molecule has 4 aliphatic carbocycles. The standard InChI is InChI=1S/C13H18O2/c1-8(14)12(15)13-5-9-2-10(6-13)4-11(3-9)7-13/h9-11H,2-7H2,1H3. The summed E-state index contributed by atoms with van der Waals surface area (Å²) in [7, 11) is 0. The van der Waals surface area contributed by atoms with Gasteiger partial charge in [0, 0.05) is 12.3 Å². The zero-order chi connectivity index (χ0) is 10.6. The molecule has 4 rings (SSSR count). The predicted octanol–water partition coefficient (Wildman–Crippen LogP) is 2.36. The van der Waals surface area contributed by atoms with Crippen LogP contribution in [-0.4, -0.2) is 11.6 Å². The highest BCUT2D eigenvalue weighted by molar-refractivity contribution is 6.38. The average Bonchev–Trinajstić information content (AvgIpc) is 2.14. The number of hydrogen-bond donors (Lipinski definition) is 0. The first-order valence-corrected chi connectivity index (χ1v) is 6.14. The Bertz CT molecular complexity index is 294. The molecule has 15 heavy (non-hydrogen) atoms. The SMILES string of the molecule is CC(=O)C(=O)C12CC3CC(CC(C3)C1)C2. The second kappa shape index (κ2) is 2.93. The molecule has 0 heterocycles. The van der Waals surface area contributed by atoms with Crippen LogP contribution in [0, 0.1) is 23.2 Å². The number of carbonyl (C=O) groups is 2. The van der Waals surface area contributed by atoms with E-state index in [1.807, 2.05) is 0 Å². The normalized spacial score (nSPS) is 46.9. The van der Waals surface area contributed by atoms with Crippen molar-refractivity contribution in [3.05, 3.63) is 0 Å². The molecule has 0 N–H and O–H groups in total. The van der Waals surface area contributed by atoms with Crippen LogP contribution in [-0.2, 0) is 9.59 Å². The van der Waals surface area contributed by atoms with E-state index < -0.39 is 0 Å². The molecule has 0 aromatic heterocycles. The minimum absolute atomic E-state index is 0.0541. The van der Waals surface area contributed by atoms with E-state index in [0.717, 1.165) is 37.0 Å². The number of carbonyl (C=O) groups excluding carboxylic acids is 2. The van der Waals surface area contributed by atoms with Gasteiger partial charge in [-0.25, -0.2) is 0 Å². The Morgan fingerprint density at radius 1 is 0.933 bits per heavy atom. The van der Waals surface area contributed by atoms with E-state index in [9.17, 15) is 9.59 Å². The molecule has 82 valence electrons. The van der Waals surface area contributed by atoms with Gasteiger partial charge in [-0.2, -0.15) is 0 Å². The Balaban J connectivity index is 1.93. The molecule has 0 saturated heterocycles. The van der Waals surface area contributed by atoms with Gasteiger partial charge in [-0.3, -0.25) is 9.59 Å². The monoisotopic (exact) mass is 206 g/mol. The van der Waals surface area contributed by atoms with Crippen molar-refractivity contribution < 1.29 is 9.59 Å². The van der Waals surface area contributed by atoms with E-state index in [-0.39, 0.29) is 17.0 Å². The summed E-state index contributed by atoms with van der Waals surface area (Å²) < 4.78 is 0. The molecule has 2 nitrogen and oxygen atoms in total. The van der Waals surface area contributed by atoms with Crippen LogP contribution in [0.2, 0.25) is 0 Å². The van der Waals surface area contributed by atoms with Gasteiger partial charge in [-0.15, -0.1) is 0 Å². The number of ketones is 2. The van der Waals surface area contributed by atoms with E-state index in [1.165, 1.54) is 26.2 Å². The quantitative estimate of drug-likeness (QED) is 0.650. The summed E-state index contributed by atoms with van der Waals surface area (Å²) in [5.41, 5.74) is -0.208. The van der Waals surface area contributed by atoms with Crippen LogP contribution >= 0.6 is 0 Å². The Kier molecular flexibility index (Phi) is 1.87. The molecule has 0 amide bonds. The highest BCUT2D eigenvalue weighted by Gasteiger charge is 2.55. The molecule has 0 radical (unpaired) electrons. The van der Waals surface area contributed by atoms with E-state index in [1.54, 1.807) is 0 Å². The van der Waals surface area contributed by atoms with Crippen LogP contribution in [0.5, 0.6) is 0 Å². The molecule has 4 fully saturated rings. The lowest BCUT2D eigenvalue weighted by Crippen LogP contribution is -2.51. The van der Waals surface area contributed by atoms with Crippen molar-refractivity contribution in [3.63, 3.8) is 0 Å². The summed E-state index contributed by atoms with van der Waals surface area (Å²) in [5.74, 6) is 1.98. The lowest BCUT2D eigenvalue weighted by molar-refractivity contribution is -0.152. The molecule has 2 heteroatoms. The summed E-state index contributed by atoms with van der Waals surface area (Å²) in [5, 5.41) is 0. The zero-order valence-corrected chi connectivity index (χ0v) is 9.29. The first-order chi connectivity index (χ1) is 7.09. The molecule has 0 aromatic rings. The summed E-state index contributed by atoms with van der Waals surface area (Å²) >= 11 is 0. The van der Waals surface area contributed by atoms with Crippen LogP contribution in [0.15, 0.2) is 0 Å². The van der Waals surface area contributed by atoms with E-state index in [4.69, 9.17) is 0 Å². The van der Waals surface area contributed by atoms with Crippen LogP contribution in [0.4, 0.5) is 0 Å². The van der Waals surface area contributed by atoms with E-state index in [2.05, 4.69) is 0 Å². The van der Waals surface area contributed by atoms with Crippen LogP contribution in [0.1, 0.15) is 45.4 Å². The molecule has 4 bridgehead atoms. The van der Waals surface area contributed by atoms with Crippen molar-refractivity contribution in [2.45, 2.75) is 45.4 Å². The fraction of sp³-hybridized carbons (Fsp3) is 0.846. The van der Waals surface area contributed by atoms with E-state index in [0.29, 0.717) is 0 Å². The van der Waals surface area contributed by atoms with Crippen molar-refractivity contribution in [2.75, 3.05) is 0 Å². The van der Waals surface area contributed by atoms with E-state index >= 15 is 0 Å². The Morgan fingerprint density at radius 2 is 1.33 bits per heavy atom. The van der Waals surface area contributed by atoms with Gasteiger partial charge in [0.05, 0.1) is 0 Å². The van der Waals surface area contributed by atoms with Gasteiger partial charge in [0.25, 0.3) is 0 Å². The number of hydrogen-bond acceptors (Lipinski definition) is 2. The summed E-state index contributed by atoms with van der Waals surface area (Å²) in [6, 6.07) is 0. The third kappa shape index (κ3) is 1.30. The first kappa shape index (κ1) is 9.56. The van der Waals surface area contributed by atoms with Gasteiger partial charge >= 0.3 is 0 Å². The van der Waals surface area contributed by atoms with Crippen molar-refractivity contribution in [3.8, 4) is 0 Å². The number of Topliss-reactive ketones (excluding diaryl/α,β-unsaturated/α-hetero) is 2. The minimum Gasteiger partial charge on any atom is -0.291 e. The lowest BCUT2D eigenvalue weighted by atomic mass is 9.48. The molecule has 0 unspecified atom stereocenters. The fourth-order valence-corrected chi connectivity index (χ4v) is 4.76.